The molecule has 3 aliphatic rings. The van der Waals surface area contributed by atoms with Crippen LogP contribution in [0.5, 0.6) is 5.75 Å². The third-order valence-corrected chi connectivity index (χ3v) is 7.29. The molecule has 8 heteroatoms. The number of carbonyl (C=O) groups is 1. The van der Waals surface area contributed by atoms with Crippen molar-refractivity contribution < 1.29 is 9.53 Å². The molecule has 0 saturated carbocycles. The number of nitrogens with zero attached hydrogens (tertiary/aromatic N) is 2. The number of halogens is 2. The van der Waals surface area contributed by atoms with Crippen molar-refractivity contribution in [2.75, 3.05) is 0 Å². The summed E-state index contributed by atoms with van der Waals surface area (Å²) in [6.45, 7) is 0. The van der Waals surface area contributed by atoms with Crippen molar-refractivity contribution in [3.8, 4) is 5.75 Å². The van der Waals surface area contributed by atoms with Crippen LogP contribution in [-0.4, -0.2) is 21.8 Å². The summed E-state index contributed by atoms with van der Waals surface area (Å²) in [4.78, 5) is 13.4. The Morgan fingerprint density at radius 3 is 2.61 bits per heavy atom. The number of nitrogens with one attached hydrogen (secondary N) is 1. The fourth-order valence-corrected chi connectivity index (χ4v) is 5.62. The molecule has 1 fully saturated rings. The summed E-state index contributed by atoms with van der Waals surface area (Å²) in [5.41, 5.74) is 3.81. The van der Waals surface area contributed by atoms with Gasteiger partial charge in [0.2, 0.25) is 0 Å². The SMILES string of the molecule is O=C1NC2(Oc3ccc(Cl)cc3C3CC(c4ccccc4)=NN32)/C(=C/c2ccc(Cl)cc2)S1. The van der Waals surface area contributed by atoms with Crippen molar-refractivity contribution in [3.63, 3.8) is 0 Å². The molecule has 2 atom stereocenters. The van der Waals surface area contributed by atoms with E-state index >= 15 is 0 Å². The second-order valence-corrected chi connectivity index (χ2v) is 9.87. The lowest BCUT2D eigenvalue weighted by molar-refractivity contribution is -0.0949. The predicted octanol–water partition coefficient (Wildman–Crippen LogP) is 6.69. The molecule has 3 aromatic carbocycles. The lowest BCUT2D eigenvalue weighted by Gasteiger charge is -2.45. The predicted molar refractivity (Wildman–Crippen MR) is 133 cm³/mol. The Labute approximate surface area is 205 Å². The van der Waals surface area contributed by atoms with Gasteiger partial charge in [-0.2, -0.15) is 5.10 Å². The van der Waals surface area contributed by atoms with E-state index in [-0.39, 0.29) is 11.3 Å². The molecule has 164 valence electrons. The molecule has 0 aliphatic carbocycles. The Morgan fingerprint density at radius 1 is 1.06 bits per heavy atom. The molecule has 2 unspecified atom stereocenters. The van der Waals surface area contributed by atoms with Gasteiger partial charge in [0.1, 0.15) is 5.75 Å². The molecule has 3 heterocycles. The number of fused-ring (bicyclic) bond motifs is 4. The van der Waals surface area contributed by atoms with Crippen molar-refractivity contribution in [2.45, 2.75) is 18.3 Å². The molecule has 33 heavy (non-hydrogen) atoms. The van der Waals surface area contributed by atoms with E-state index in [4.69, 9.17) is 33.0 Å². The standard InChI is InChI=1S/C25H17Cl2N3O2S/c26-17-8-6-15(7-9-17)12-23-25(28-24(31)33-23)30-21(19-13-18(27)10-11-22(19)32-25)14-20(29-30)16-4-2-1-3-5-16/h1-13,21H,14H2,(H,28,31)/b23-12-. The summed E-state index contributed by atoms with van der Waals surface area (Å²) in [5, 5.41) is 11.0. The minimum Gasteiger partial charge on any atom is -0.444 e. The zero-order valence-corrected chi connectivity index (χ0v) is 19.5. The van der Waals surface area contributed by atoms with Gasteiger partial charge in [-0.3, -0.25) is 10.1 Å². The number of thioether (sulfide) groups is 1. The van der Waals surface area contributed by atoms with Gasteiger partial charge >= 0.3 is 5.85 Å². The minimum atomic E-state index is -1.25. The summed E-state index contributed by atoms with van der Waals surface area (Å²) < 4.78 is 6.53. The monoisotopic (exact) mass is 493 g/mol. The molecular weight excluding hydrogens is 477 g/mol. The maximum atomic E-state index is 12.7. The van der Waals surface area contributed by atoms with Crippen molar-refractivity contribution in [3.05, 3.63) is 104 Å². The molecule has 1 saturated heterocycles. The maximum Gasteiger partial charge on any atom is 0.314 e. The van der Waals surface area contributed by atoms with Gasteiger partial charge in [0.25, 0.3) is 5.24 Å². The average Bonchev–Trinajstić information content (AvgIpc) is 3.40. The van der Waals surface area contributed by atoms with E-state index < -0.39 is 5.85 Å². The molecular formula is C25H17Cl2N3O2S. The number of hydrogen-bond donors (Lipinski definition) is 1. The quantitative estimate of drug-likeness (QED) is 0.432. The van der Waals surface area contributed by atoms with Crippen LogP contribution in [0.25, 0.3) is 6.08 Å². The van der Waals surface area contributed by atoms with Gasteiger partial charge in [-0.15, -0.1) is 0 Å². The average molecular weight is 494 g/mol. The van der Waals surface area contributed by atoms with E-state index in [1.165, 1.54) is 0 Å². The number of hydrogen-bond acceptors (Lipinski definition) is 5. The van der Waals surface area contributed by atoms with Crippen molar-refractivity contribution in [2.24, 2.45) is 5.10 Å². The van der Waals surface area contributed by atoms with Gasteiger partial charge in [0.15, 0.2) is 0 Å². The Hall–Kier alpha value is -2.93. The Bertz CT molecular complexity index is 1330. The van der Waals surface area contributed by atoms with Crippen LogP contribution in [0.15, 0.2) is 82.8 Å². The van der Waals surface area contributed by atoms with Crippen molar-refractivity contribution >= 4 is 52.0 Å². The summed E-state index contributed by atoms with van der Waals surface area (Å²) in [6.07, 6.45) is 2.60. The van der Waals surface area contributed by atoms with Crippen LogP contribution in [0.4, 0.5) is 4.79 Å². The number of hydrazone groups is 1. The topological polar surface area (TPSA) is 53.9 Å². The van der Waals surface area contributed by atoms with Crippen LogP contribution in [0.1, 0.15) is 29.2 Å². The third-order valence-electron chi connectivity index (χ3n) is 5.90. The van der Waals surface area contributed by atoms with Crippen molar-refractivity contribution in [1.82, 2.24) is 10.3 Å². The van der Waals surface area contributed by atoms with Crippen LogP contribution >= 0.6 is 35.0 Å². The molecule has 3 aromatic rings. The van der Waals surface area contributed by atoms with Gasteiger partial charge in [-0.25, -0.2) is 5.01 Å². The highest BCUT2D eigenvalue weighted by Crippen LogP contribution is 2.53. The van der Waals surface area contributed by atoms with E-state index in [9.17, 15) is 4.79 Å². The number of amides is 1. The minimum absolute atomic E-state index is 0.143. The Kier molecular flexibility index (Phi) is 4.91. The molecule has 3 aliphatic heterocycles. The van der Waals surface area contributed by atoms with E-state index in [1.54, 1.807) is 6.07 Å². The summed E-state index contributed by atoms with van der Waals surface area (Å²) in [6, 6.07) is 22.9. The molecule has 0 bridgehead atoms. The van der Waals surface area contributed by atoms with Gasteiger partial charge in [0.05, 0.1) is 16.7 Å². The van der Waals surface area contributed by atoms with E-state index in [2.05, 4.69) is 5.32 Å². The molecule has 5 nitrogen and oxygen atoms in total. The first-order chi connectivity index (χ1) is 16.0. The second-order valence-electron chi connectivity index (χ2n) is 7.98. The van der Waals surface area contributed by atoms with E-state index in [0.29, 0.717) is 27.1 Å². The first-order valence-corrected chi connectivity index (χ1v) is 12.0. The molecule has 0 aromatic heterocycles. The third kappa shape index (κ3) is 3.50. The Balaban J connectivity index is 1.52. The fraction of sp³-hybridized carbons (Fsp3) is 0.120. The second kappa shape index (κ2) is 7.83. The molecule has 0 radical (unpaired) electrons. The van der Waals surface area contributed by atoms with Crippen LogP contribution in [0.2, 0.25) is 10.0 Å². The van der Waals surface area contributed by atoms with Crippen LogP contribution in [0.3, 0.4) is 0 Å². The number of carbonyl (C=O) groups excluding carboxylic acids is 1. The van der Waals surface area contributed by atoms with Crippen LogP contribution in [-0.2, 0) is 0 Å². The Morgan fingerprint density at radius 2 is 1.82 bits per heavy atom. The van der Waals surface area contributed by atoms with Gasteiger partial charge in [-0.05, 0) is 59.3 Å². The molecule has 6 rings (SSSR count). The highest BCUT2D eigenvalue weighted by Gasteiger charge is 2.58. The summed E-state index contributed by atoms with van der Waals surface area (Å²) >= 11 is 13.5. The zero-order valence-electron chi connectivity index (χ0n) is 17.2. The molecule has 1 N–H and O–H groups in total. The number of ether oxygens (including phenoxy) is 1. The summed E-state index contributed by atoms with van der Waals surface area (Å²) in [7, 11) is 0. The van der Waals surface area contributed by atoms with E-state index in [0.717, 1.165) is 34.2 Å². The first kappa shape index (κ1) is 20.7. The van der Waals surface area contributed by atoms with Gasteiger partial charge in [0, 0.05) is 22.0 Å². The fourth-order valence-electron chi connectivity index (χ4n) is 4.40. The van der Waals surface area contributed by atoms with Gasteiger partial charge < -0.3 is 4.74 Å². The molecule has 1 spiro atoms. The largest absolute Gasteiger partial charge is 0.444 e. The maximum absolute atomic E-state index is 12.7. The number of rotatable bonds is 2. The first-order valence-electron chi connectivity index (χ1n) is 10.4. The summed E-state index contributed by atoms with van der Waals surface area (Å²) in [5.74, 6) is -0.571. The lowest BCUT2D eigenvalue weighted by atomic mass is 9.95. The van der Waals surface area contributed by atoms with Crippen LogP contribution < -0.4 is 10.1 Å². The van der Waals surface area contributed by atoms with Crippen molar-refractivity contribution in [1.29, 1.82) is 0 Å². The highest BCUT2D eigenvalue weighted by atomic mass is 35.5. The normalized spacial score (nSPS) is 24.4. The highest BCUT2D eigenvalue weighted by molar-refractivity contribution is 8.17. The van der Waals surface area contributed by atoms with Gasteiger partial charge in [-0.1, -0.05) is 65.7 Å². The van der Waals surface area contributed by atoms with E-state index in [1.807, 2.05) is 77.8 Å². The van der Waals surface area contributed by atoms with Crippen LogP contribution in [0, 0.1) is 0 Å². The zero-order chi connectivity index (χ0) is 22.6. The smallest absolute Gasteiger partial charge is 0.314 e. The lowest BCUT2D eigenvalue weighted by Crippen LogP contribution is -2.61. The number of benzene rings is 3. The molecule has 1 amide bonds.